The van der Waals surface area contributed by atoms with E-state index in [1.807, 2.05) is 6.92 Å². The summed E-state index contributed by atoms with van der Waals surface area (Å²) < 4.78 is 5.03. The van der Waals surface area contributed by atoms with Crippen molar-refractivity contribution in [1.82, 2.24) is 0 Å². The Bertz CT molecular complexity index is 322. The Morgan fingerprint density at radius 3 is 2.50 bits per heavy atom. The number of ether oxygens (including phenoxy) is 1. The molecule has 3 nitrogen and oxygen atoms in total. The number of hydrogen-bond donors (Lipinski definition) is 0. The standard InChI is InChI=1S/C17H30O3/c1-5-10-20-17(19)9-8-16(18)15-11-13(4)6-7-14(15)12(2)3/h12-15H,5-11H2,1-4H3/t13-,14+,15-/m1/s1. The second kappa shape index (κ2) is 8.43. The Morgan fingerprint density at radius 1 is 1.20 bits per heavy atom. The molecule has 0 spiro atoms. The van der Waals surface area contributed by atoms with Gasteiger partial charge in [0.15, 0.2) is 0 Å². The van der Waals surface area contributed by atoms with Crippen molar-refractivity contribution in [2.75, 3.05) is 6.61 Å². The van der Waals surface area contributed by atoms with Crippen molar-refractivity contribution in [3.8, 4) is 0 Å². The number of esters is 1. The molecule has 0 aromatic heterocycles. The molecular formula is C17H30O3. The smallest absolute Gasteiger partial charge is 0.306 e. The van der Waals surface area contributed by atoms with Gasteiger partial charge in [0.2, 0.25) is 0 Å². The van der Waals surface area contributed by atoms with Crippen molar-refractivity contribution in [2.24, 2.45) is 23.7 Å². The minimum Gasteiger partial charge on any atom is -0.466 e. The molecule has 3 atom stereocenters. The summed E-state index contributed by atoms with van der Waals surface area (Å²) in [6.07, 6.45) is 4.79. The molecule has 0 unspecified atom stereocenters. The van der Waals surface area contributed by atoms with E-state index < -0.39 is 0 Å². The van der Waals surface area contributed by atoms with Crippen molar-refractivity contribution in [3.05, 3.63) is 0 Å². The van der Waals surface area contributed by atoms with Crippen LogP contribution in [0.4, 0.5) is 0 Å². The van der Waals surface area contributed by atoms with E-state index in [1.54, 1.807) is 0 Å². The number of carbonyl (C=O) groups excluding carboxylic acids is 2. The molecule has 0 bridgehead atoms. The summed E-state index contributed by atoms with van der Waals surface area (Å²) in [5.74, 6) is 1.85. The Labute approximate surface area is 123 Å². The van der Waals surface area contributed by atoms with Crippen molar-refractivity contribution in [1.29, 1.82) is 0 Å². The number of rotatable bonds is 7. The highest BCUT2D eigenvalue weighted by molar-refractivity contribution is 5.85. The third-order valence-electron chi connectivity index (χ3n) is 4.48. The maximum atomic E-state index is 12.4. The molecule has 0 amide bonds. The number of carbonyl (C=O) groups is 2. The zero-order valence-electron chi connectivity index (χ0n) is 13.5. The lowest BCUT2D eigenvalue weighted by atomic mass is 9.68. The molecule has 0 N–H and O–H groups in total. The number of hydrogen-bond acceptors (Lipinski definition) is 3. The van der Waals surface area contributed by atoms with E-state index in [-0.39, 0.29) is 24.1 Å². The van der Waals surface area contributed by atoms with Gasteiger partial charge in [0, 0.05) is 12.3 Å². The van der Waals surface area contributed by atoms with E-state index in [0.29, 0.717) is 30.8 Å². The summed E-state index contributed by atoms with van der Waals surface area (Å²) in [6, 6.07) is 0. The van der Waals surface area contributed by atoms with Crippen LogP contribution in [0.3, 0.4) is 0 Å². The predicted molar refractivity (Wildman–Crippen MR) is 80.3 cm³/mol. The molecule has 1 fully saturated rings. The average Bonchev–Trinajstić information content (AvgIpc) is 2.41. The molecule has 0 aromatic carbocycles. The fourth-order valence-corrected chi connectivity index (χ4v) is 3.27. The first-order chi connectivity index (χ1) is 9.45. The molecular weight excluding hydrogens is 252 g/mol. The van der Waals surface area contributed by atoms with Crippen LogP contribution in [0.25, 0.3) is 0 Å². The van der Waals surface area contributed by atoms with Gasteiger partial charge >= 0.3 is 5.97 Å². The van der Waals surface area contributed by atoms with Gasteiger partial charge in [-0.2, -0.15) is 0 Å². The number of Topliss-reactive ketones (excluding diaryl/α,β-unsaturated/α-hetero) is 1. The minimum atomic E-state index is -0.231. The largest absolute Gasteiger partial charge is 0.466 e. The monoisotopic (exact) mass is 282 g/mol. The molecule has 0 aliphatic heterocycles. The van der Waals surface area contributed by atoms with E-state index in [9.17, 15) is 9.59 Å². The topological polar surface area (TPSA) is 43.4 Å². The van der Waals surface area contributed by atoms with Gasteiger partial charge in [0.25, 0.3) is 0 Å². The van der Waals surface area contributed by atoms with E-state index >= 15 is 0 Å². The molecule has 20 heavy (non-hydrogen) atoms. The highest BCUT2D eigenvalue weighted by Gasteiger charge is 2.34. The van der Waals surface area contributed by atoms with Crippen LogP contribution in [-0.4, -0.2) is 18.4 Å². The highest BCUT2D eigenvalue weighted by atomic mass is 16.5. The van der Waals surface area contributed by atoms with Gasteiger partial charge in [-0.15, -0.1) is 0 Å². The predicted octanol–water partition coefficient (Wildman–Crippen LogP) is 4.00. The van der Waals surface area contributed by atoms with Gasteiger partial charge < -0.3 is 4.74 Å². The average molecular weight is 282 g/mol. The Kier molecular flexibility index (Phi) is 7.25. The van der Waals surface area contributed by atoms with Crippen molar-refractivity contribution < 1.29 is 14.3 Å². The molecule has 116 valence electrons. The first-order valence-electron chi connectivity index (χ1n) is 8.14. The van der Waals surface area contributed by atoms with Gasteiger partial charge in [0.1, 0.15) is 5.78 Å². The molecule has 0 saturated heterocycles. The van der Waals surface area contributed by atoms with Crippen molar-refractivity contribution >= 4 is 11.8 Å². The van der Waals surface area contributed by atoms with Crippen LogP contribution in [0.5, 0.6) is 0 Å². The molecule has 1 saturated carbocycles. The fraction of sp³-hybridized carbons (Fsp3) is 0.882. The van der Waals surface area contributed by atoms with Crippen LogP contribution in [0.2, 0.25) is 0 Å². The molecule has 0 aromatic rings. The fourth-order valence-electron chi connectivity index (χ4n) is 3.27. The third-order valence-corrected chi connectivity index (χ3v) is 4.48. The lowest BCUT2D eigenvalue weighted by Crippen LogP contribution is -2.33. The van der Waals surface area contributed by atoms with E-state index in [4.69, 9.17) is 4.74 Å². The minimum absolute atomic E-state index is 0.151. The second-order valence-electron chi connectivity index (χ2n) is 6.62. The van der Waals surface area contributed by atoms with E-state index in [2.05, 4.69) is 20.8 Å². The zero-order valence-corrected chi connectivity index (χ0v) is 13.5. The first kappa shape index (κ1) is 17.2. The summed E-state index contributed by atoms with van der Waals surface area (Å²) in [5.41, 5.74) is 0. The van der Waals surface area contributed by atoms with Crippen molar-refractivity contribution in [3.63, 3.8) is 0 Å². The van der Waals surface area contributed by atoms with E-state index in [0.717, 1.165) is 19.3 Å². The molecule has 1 aliphatic carbocycles. The van der Waals surface area contributed by atoms with Crippen LogP contribution in [0.15, 0.2) is 0 Å². The molecule has 0 radical (unpaired) electrons. The molecule has 1 rings (SSSR count). The van der Waals surface area contributed by atoms with E-state index in [1.165, 1.54) is 6.42 Å². The van der Waals surface area contributed by atoms with Gasteiger partial charge in [-0.25, -0.2) is 0 Å². The molecule has 0 heterocycles. The van der Waals surface area contributed by atoms with Crippen LogP contribution < -0.4 is 0 Å². The summed E-state index contributed by atoms with van der Waals surface area (Å²) in [5, 5.41) is 0. The van der Waals surface area contributed by atoms with Crippen molar-refractivity contribution in [2.45, 2.75) is 66.2 Å². The van der Waals surface area contributed by atoms with Crippen LogP contribution in [0.1, 0.15) is 66.2 Å². The summed E-state index contributed by atoms with van der Waals surface area (Å²) >= 11 is 0. The lowest BCUT2D eigenvalue weighted by Gasteiger charge is -2.36. The highest BCUT2D eigenvalue weighted by Crippen LogP contribution is 2.39. The second-order valence-corrected chi connectivity index (χ2v) is 6.62. The zero-order chi connectivity index (χ0) is 15.1. The maximum Gasteiger partial charge on any atom is 0.306 e. The quantitative estimate of drug-likeness (QED) is 0.663. The maximum absolute atomic E-state index is 12.4. The first-order valence-corrected chi connectivity index (χ1v) is 8.14. The van der Waals surface area contributed by atoms with Gasteiger partial charge in [-0.3, -0.25) is 9.59 Å². The lowest BCUT2D eigenvalue weighted by molar-refractivity contribution is -0.145. The summed E-state index contributed by atoms with van der Waals surface area (Å²) in [6.45, 7) is 9.07. The third kappa shape index (κ3) is 5.26. The summed E-state index contributed by atoms with van der Waals surface area (Å²) in [7, 11) is 0. The van der Waals surface area contributed by atoms with Gasteiger partial charge in [-0.05, 0) is 37.0 Å². The van der Waals surface area contributed by atoms with Gasteiger partial charge in [-0.1, -0.05) is 34.1 Å². The summed E-state index contributed by atoms with van der Waals surface area (Å²) in [4.78, 5) is 23.9. The molecule has 3 heteroatoms. The van der Waals surface area contributed by atoms with Crippen LogP contribution >= 0.6 is 0 Å². The van der Waals surface area contributed by atoms with Crippen LogP contribution in [0, 0.1) is 23.7 Å². The van der Waals surface area contributed by atoms with Gasteiger partial charge in [0.05, 0.1) is 13.0 Å². The van der Waals surface area contributed by atoms with Crippen LogP contribution in [-0.2, 0) is 14.3 Å². The SMILES string of the molecule is CCCOC(=O)CCC(=O)[C@@H]1C[C@H](C)CC[C@H]1C(C)C. The Balaban J connectivity index is 2.48. The Hall–Kier alpha value is -0.860. The Morgan fingerprint density at radius 2 is 1.90 bits per heavy atom. The normalized spacial score (nSPS) is 26.6. The molecule has 1 aliphatic rings. The number of ketones is 1.